The predicted molar refractivity (Wildman–Crippen MR) is 150 cm³/mol. The lowest BCUT2D eigenvalue weighted by molar-refractivity contribution is -0.143. The Morgan fingerprint density at radius 3 is 2.02 bits per heavy atom. The van der Waals surface area contributed by atoms with Crippen LogP contribution in [0.5, 0.6) is 0 Å². The van der Waals surface area contributed by atoms with Crippen LogP contribution in [0.15, 0.2) is 60.8 Å². The number of carboxylic acids is 1. The van der Waals surface area contributed by atoms with Gasteiger partial charge in [0.05, 0.1) is 12.6 Å². The van der Waals surface area contributed by atoms with Gasteiger partial charge in [-0.15, -0.1) is 0 Å². The van der Waals surface area contributed by atoms with Crippen molar-refractivity contribution in [3.05, 3.63) is 71.9 Å². The summed E-state index contributed by atoms with van der Waals surface area (Å²) in [6, 6.07) is 11.9. The minimum atomic E-state index is -1.55. The molecule has 1 heterocycles. The molecule has 0 saturated carbocycles. The third kappa shape index (κ3) is 8.39. The van der Waals surface area contributed by atoms with E-state index < -0.39 is 54.5 Å². The Kier molecular flexibility index (Phi) is 10.8. The summed E-state index contributed by atoms with van der Waals surface area (Å²) >= 11 is 0. The maximum atomic E-state index is 13.6. The van der Waals surface area contributed by atoms with Gasteiger partial charge in [-0.25, -0.2) is 4.79 Å². The van der Waals surface area contributed by atoms with Gasteiger partial charge in [0.25, 0.3) is 0 Å². The highest BCUT2D eigenvalue weighted by Crippen LogP contribution is 2.19. The summed E-state index contributed by atoms with van der Waals surface area (Å²) in [7, 11) is 0. The Morgan fingerprint density at radius 2 is 1.40 bits per heavy atom. The third-order valence-electron chi connectivity index (χ3n) is 6.51. The van der Waals surface area contributed by atoms with E-state index in [9.17, 15) is 29.4 Å². The summed E-state index contributed by atoms with van der Waals surface area (Å²) in [5.41, 5.74) is 8.39. The van der Waals surface area contributed by atoms with Gasteiger partial charge < -0.3 is 36.9 Å². The Morgan fingerprint density at radius 1 is 0.825 bits per heavy atom. The van der Waals surface area contributed by atoms with Crippen molar-refractivity contribution in [2.75, 3.05) is 6.61 Å². The highest BCUT2D eigenvalue weighted by Gasteiger charge is 2.31. The zero-order chi connectivity index (χ0) is 29.2. The second kappa shape index (κ2) is 14.2. The molecule has 0 fully saturated rings. The Hall–Kier alpha value is -4.22. The number of hydrogen-bond acceptors (Lipinski definition) is 6. The monoisotopic (exact) mass is 551 g/mol. The lowest BCUT2D eigenvalue weighted by atomic mass is 10.0. The van der Waals surface area contributed by atoms with E-state index in [1.807, 2.05) is 68.4 Å². The normalized spacial score (nSPS) is 14.2. The number of nitrogens with two attached hydrogens (primary N) is 1. The largest absolute Gasteiger partial charge is 0.480 e. The van der Waals surface area contributed by atoms with Crippen LogP contribution >= 0.6 is 0 Å². The predicted octanol–water partition coefficient (Wildman–Crippen LogP) is 0.858. The number of aliphatic carboxylic acids is 1. The minimum absolute atomic E-state index is 0.0260. The lowest BCUT2D eigenvalue weighted by Gasteiger charge is -2.25. The maximum absolute atomic E-state index is 13.6. The fourth-order valence-corrected chi connectivity index (χ4v) is 4.41. The lowest BCUT2D eigenvalue weighted by Crippen LogP contribution is -2.58. The molecule has 11 nitrogen and oxygen atoms in total. The second-order valence-corrected chi connectivity index (χ2v) is 10.2. The molecule has 0 radical (unpaired) electrons. The van der Waals surface area contributed by atoms with Gasteiger partial charge in [0, 0.05) is 29.9 Å². The molecule has 3 amide bonds. The van der Waals surface area contributed by atoms with Gasteiger partial charge in [0.1, 0.15) is 18.1 Å². The summed E-state index contributed by atoms with van der Waals surface area (Å²) in [5, 5.41) is 27.3. The number of rotatable bonds is 14. The topological polar surface area (TPSA) is 187 Å². The molecule has 0 aliphatic rings. The molecule has 0 bridgehead atoms. The molecule has 0 saturated heterocycles. The quantitative estimate of drug-likeness (QED) is 0.155. The number of aromatic nitrogens is 1. The number of carboxylic acid groups (broad SMARTS) is 1. The van der Waals surface area contributed by atoms with Gasteiger partial charge in [-0.05, 0) is 29.5 Å². The molecule has 3 aromatic rings. The number of nitrogens with one attached hydrogen (secondary N) is 4. The van der Waals surface area contributed by atoms with E-state index in [1.54, 1.807) is 6.20 Å². The number of amides is 3. The zero-order valence-corrected chi connectivity index (χ0v) is 22.6. The molecule has 2 aromatic carbocycles. The number of aliphatic hydroxyl groups is 1. The first-order valence-electron chi connectivity index (χ1n) is 13.2. The van der Waals surface area contributed by atoms with Crippen molar-refractivity contribution in [3.63, 3.8) is 0 Å². The molecular formula is C29H37N5O6. The standard InChI is InChI=1S/C29H37N5O6/c1-17(2)12-21(30)26(36)32-23(13-18-8-4-3-5-9-18)27(37)33-24(28(38)34-25(16-35)29(39)40)14-19-15-31-22-11-7-6-10-20(19)22/h3-11,15,17,21,23-25,31,35H,12-14,16,30H2,1-2H3,(H,32,36)(H,33,37)(H,34,38)(H,39,40). The molecule has 4 unspecified atom stereocenters. The van der Waals surface area contributed by atoms with E-state index >= 15 is 0 Å². The first-order valence-corrected chi connectivity index (χ1v) is 13.2. The molecule has 11 heteroatoms. The second-order valence-electron chi connectivity index (χ2n) is 10.2. The minimum Gasteiger partial charge on any atom is -0.480 e. The molecular weight excluding hydrogens is 514 g/mol. The van der Waals surface area contributed by atoms with Crippen molar-refractivity contribution in [1.82, 2.24) is 20.9 Å². The molecule has 1 aromatic heterocycles. The van der Waals surface area contributed by atoms with Crippen LogP contribution in [-0.2, 0) is 32.0 Å². The summed E-state index contributed by atoms with van der Waals surface area (Å²) in [4.78, 5) is 54.3. The summed E-state index contributed by atoms with van der Waals surface area (Å²) in [6.07, 6.45) is 2.31. The van der Waals surface area contributed by atoms with Crippen molar-refractivity contribution >= 4 is 34.6 Å². The van der Waals surface area contributed by atoms with Gasteiger partial charge in [-0.1, -0.05) is 62.4 Å². The number of benzene rings is 2. The Bertz CT molecular complexity index is 1310. The first-order chi connectivity index (χ1) is 19.1. The van der Waals surface area contributed by atoms with Crippen LogP contribution in [0.25, 0.3) is 10.9 Å². The van der Waals surface area contributed by atoms with E-state index in [4.69, 9.17) is 5.73 Å². The highest BCUT2D eigenvalue weighted by molar-refractivity contribution is 5.95. The summed E-state index contributed by atoms with van der Waals surface area (Å²) < 4.78 is 0. The third-order valence-corrected chi connectivity index (χ3v) is 6.51. The molecule has 8 N–H and O–H groups in total. The number of aromatic amines is 1. The van der Waals surface area contributed by atoms with Crippen molar-refractivity contribution in [3.8, 4) is 0 Å². The molecule has 0 aliphatic carbocycles. The molecule has 4 atom stereocenters. The van der Waals surface area contributed by atoms with Crippen LogP contribution in [-0.4, -0.2) is 69.7 Å². The van der Waals surface area contributed by atoms with Gasteiger partial charge in [0.15, 0.2) is 0 Å². The van der Waals surface area contributed by atoms with Crippen molar-refractivity contribution in [2.24, 2.45) is 11.7 Å². The highest BCUT2D eigenvalue weighted by atomic mass is 16.4. The molecule has 214 valence electrons. The first kappa shape index (κ1) is 30.3. The number of carbonyl (C=O) groups is 4. The van der Waals surface area contributed by atoms with Crippen molar-refractivity contribution in [2.45, 2.75) is 57.3 Å². The van der Waals surface area contributed by atoms with Gasteiger partial charge in [0.2, 0.25) is 17.7 Å². The molecule has 3 rings (SSSR count). The van der Waals surface area contributed by atoms with Crippen LogP contribution < -0.4 is 21.7 Å². The smallest absolute Gasteiger partial charge is 0.328 e. The average Bonchev–Trinajstić information content (AvgIpc) is 3.33. The molecule has 0 aliphatic heterocycles. The maximum Gasteiger partial charge on any atom is 0.328 e. The molecule has 40 heavy (non-hydrogen) atoms. The number of hydrogen-bond donors (Lipinski definition) is 7. The Balaban J connectivity index is 1.88. The number of fused-ring (bicyclic) bond motifs is 1. The SMILES string of the molecule is CC(C)CC(N)C(=O)NC(Cc1ccccc1)C(=O)NC(Cc1c[nH]c2ccccc12)C(=O)NC(CO)C(=O)O. The number of aliphatic hydroxyl groups excluding tert-OH is 1. The van der Waals surface area contributed by atoms with Crippen LogP contribution in [0.1, 0.15) is 31.4 Å². The Labute approximate surface area is 232 Å². The van der Waals surface area contributed by atoms with Gasteiger partial charge in [-0.3, -0.25) is 14.4 Å². The van der Waals surface area contributed by atoms with Crippen LogP contribution in [0, 0.1) is 5.92 Å². The number of H-pyrrole nitrogens is 1. The van der Waals surface area contributed by atoms with Crippen molar-refractivity contribution < 1.29 is 29.4 Å². The number of para-hydroxylation sites is 1. The van der Waals surface area contributed by atoms with Crippen LogP contribution in [0.4, 0.5) is 0 Å². The van der Waals surface area contributed by atoms with E-state index in [0.29, 0.717) is 6.42 Å². The van der Waals surface area contributed by atoms with Crippen molar-refractivity contribution in [1.29, 1.82) is 0 Å². The van der Waals surface area contributed by atoms with Crippen LogP contribution in [0.3, 0.4) is 0 Å². The van der Waals surface area contributed by atoms with E-state index in [-0.39, 0.29) is 18.8 Å². The van der Waals surface area contributed by atoms with Gasteiger partial charge >= 0.3 is 5.97 Å². The average molecular weight is 552 g/mol. The van der Waals surface area contributed by atoms with Crippen LogP contribution in [0.2, 0.25) is 0 Å². The summed E-state index contributed by atoms with van der Waals surface area (Å²) in [5.74, 6) is -3.17. The van der Waals surface area contributed by atoms with E-state index in [0.717, 1.165) is 22.0 Å². The van der Waals surface area contributed by atoms with E-state index in [1.165, 1.54) is 0 Å². The fraction of sp³-hybridized carbons (Fsp3) is 0.379. The number of carbonyl (C=O) groups excluding carboxylic acids is 3. The zero-order valence-electron chi connectivity index (χ0n) is 22.6. The summed E-state index contributed by atoms with van der Waals surface area (Å²) in [6.45, 7) is 3.05. The molecule has 0 spiro atoms. The van der Waals surface area contributed by atoms with Gasteiger partial charge in [-0.2, -0.15) is 0 Å². The van der Waals surface area contributed by atoms with E-state index in [2.05, 4.69) is 20.9 Å². The fourth-order valence-electron chi connectivity index (χ4n) is 4.41.